The van der Waals surface area contributed by atoms with Gasteiger partial charge in [0, 0.05) is 25.1 Å². The van der Waals surface area contributed by atoms with Crippen LogP contribution in [0.4, 0.5) is 11.4 Å². The van der Waals surface area contributed by atoms with E-state index in [1.807, 2.05) is 24.3 Å². The van der Waals surface area contributed by atoms with Crippen LogP contribution in [-0.2, 0) is 4.74 Å². The van der Waals surface area contributed by atoms with E-state index in [0.29, 0.717) is 18.8 Å². The molecule has 0 unspecified atom stereocenters. The molecule has 0 aliphatic rings. The Morgan fingerprint density at radius 2 is 2.14 bits per heavy atom. The van der Waals surface area contributed by atoms with Crippen LogP contribution in [0.1, 0.15) is 19.8 Å². The zero-order valence-corrected chi connectivity index (χ0v) is 12.0. The number of anilines is 1. The second kappa shape index (κ2) is 7.54. The maximum atomic E-state index is 11.1. The summed E-state index contributed by atoms with van der Waals surface area (Å²) in [5.74, 6) is 0. The number of para-hydroxylation sites is 1. The van der Waals surface area contributed by atoms with Gasteiger partial charge in [-0.1, -0.05) is 25.1 Å². The second-order valence-corrected chi connectivity index (χ2v) is 4.69. The molecule has 0 bridgehead atoms. The van der Waals surface area contributed by atoms with Crippen LogP contribution in [-0.4, -0.2) is 29.7 Å². The molecular weight excluding hydrogens is 270 g/mol. The van der Waals surface area contributed by atoms with Crippen LogP contribution in [0.15, 0.2) is 30.5 Å². The average Bonchev–Trinajstić information content (AvgIpc) is 2.50. The molecule has 6 heteroatoms. The van der Waals surface area contributed by atoms with E-state index in [9.17, 15) is 10.1 Å². The van der Waals surface area contributed by atoms with E-state index in [1.165, 1.54) is 6.20 Å². The van der Waals surface area contributed by atoms with Crippen LogP contribution in [0.2, 0.25) is 0 Å². The Balaban J connectivity index is 2.12. The minimum absolute atomic E-state index is 0.00294. The number of fused-ring (bicyclic) bond motifs is 1. The Bertz CT molecular complexity index is 616. The van der Waals surface area contributed by atoms with Gasteiger partial charge in [-0.25, -0.2) is 4.98 Å². The first-order chi connectivity index (χ1) is 10.2. The van der Waals surface area contributed by atoms with Gasteiger partial charge >= 0.3 is 5.69 Å². The number of hydrogen-bond acceptors (Lipinski definition) is 5. The van der Waals surface area contributed by atoms with Crippen molar-refractivity contribution in [1.82, 2.24) is 4.98 Å². The molecule has 6 nitrogen and oxygen atoms in total. The largest absolute Gasteiger partial charge is 0.381 e. The number of ether oxygens (including phenoxy) is 1. The van der Waals surface area contributed by atoms with Crippen LogP contribution in [0.3, 0.4) is 0 Å². The normalized spacial score (nSPS) is 10.7. The fraction of sp³-hybridized carbons (Fsp3) is 0.400. The Morgan fingerprint density at radius 1 is 1.33 bits per heavy atom. The van der Waals surface area contributed by atoms with Crippen molar-refractivity contribution in [3.05, 3.63) is 40.6 Å². The van der Waals surface area contributed by atoms with E-state index in [0.717, 1.165) is 30.4 Å². The molecule has 0 spiro atoms. The number of nitro groups is 1. The van der Waals surface area contributed by atoms with Crippen LogP contribution in [0.25, 0.3) is 10.9 Å². The molecule has 112 valence electrons. The van der Waals surface area contributed by atoms with Gasteiger partial charge in [0.05, 0.1) is 10.4 Å². The molecular formula is C15H19N3O3. The van der Waals surface area contributed by atoms with Crippen molar-refractivity contribution in [2.75, 3.05) is 25.1 Å². The van der Waals surface area contributed by atoms with E-state index >= 15 is 0 Å². The summed E-state index contributed by atoms with van der Waals surface area (Å²) >= 11 is 0. The SMILES string of the molecule is CCCOCCCNc1c([N+](=O)[O-])cnc2ccccc12. The molecule has 0 amide bonds. The standard InChI is InChI=1S/C15H19N3O3/c1-2-9-21-10-5-8-16-15-12-6-3-4-7-13(12)17-11-14(15)18(19)20/h3-4,6-7,11H,2,5,8-10H2,1H3,(H,16,17). The molecule has 0 fully saturated rings. The van der Waals surface area contributed by atoms with Gasteiger partial charge in [0.25, 0.3) is 0 Å². The van der Waals surface area contributed by atoms with Gasteiger partial charge in [-0.05, 0) is 18.9 Å². The van der Waals surface area contributed by atoms with Gasteiger partial charge in [-0.2, -0.15) is 0 Å². The quantitative estimate of drug-likeness (QED) is 0.458. The number of pyridine rings is 1. The highest BCUT2D eigenvalue weighted by Gasteiger charge is 2.17. The van der Waals surface area contributed by atoms with Gasteiger partial charge in [0.1, 0.15) is 11.9 Å². The topological polar surface area (TPSA) is 77.3 Å². The predicted molar refractivity (Wildman–Crippen MR) is 82.6 cm³/mol. The molecule has 1 aromatic carbocycles. The minimum atomic E-state index is -0.407. The molecule has 0 saturated heterocycles. The van der Waals surface area contributed by atoms with Crippen molar-refractivity contribution in [2.45, 2.75) is 19.8 Å². The molecule has 21 heavy (non-hydrogen) atoms. The molecule has 0 aliphatic carbocycles. The van der Waals surface area contributed by atoms with Crippen LogP contribution < -0.4 is 5.32 Å². The van der Waals surface area contributed by atoms with Gasteiger partial charge in [0.15, 0.2) is 0 Å². The smallest absolute Gasteiger partial charge is 0.311 e. The molecule has 0 saturated carbocycles. The van der Waals surface area contributed by atoms with Crippen LogP contribution >= 0.6 is 0 Å². The average molecular weight is 289 g/mol. The Labute approximate surface area is 123 Å². The summed E-state index contributed by atoms with van der Waals surface area (Å²) in [7, 11) is 0. The monoisotopic (exact) mass is 289 g/mol. The second-order valence-electron chi connectivity index (χ2n) is 4.69. The highest BCUT2D eigenvalue weighted by molar-refractivity contribution is 5.95. The third-order valence-corrected chi connectivity index (χ3v) is 3.07. The number of hydrogen-bond donors (Lipinski definition) is 1. The highest BCUT2D eigenvalue weighted by Crippen LogP contribution is 2.31. The van der Waals surface area contributed by atoms with Crippen LogP contribution in [0, 0.1) is 10.1 Å². The lowest BCUT2D eigenvalue weighted by atomic mass is 10.1. The highest BCUT2D eigenvalue weighted by atomic mass is 16.6. The molecule has 1 N–H and O–H groups in total. The summed E-state index contributed by atoms with van der Waals surface area (Å²) in [6.45, 7) is 4.08. The van der Waals surface area contributed by atoms with Crippen molar-refractivity contribution < 1.29 is 9.66 Å². The maximum Gasteiger partial charge on any atom is 0.311 e. The number of benzene rings is 1. The van der Waals surface area contributed by atoms with Crippen molar-refractivity contribution >= 4 is 22.3 Å². The Hall–Kier alpha value is -2.21. The molecule has 2 rings (SSSR count). The Kier molecular flexibility index (Phi) is 5.45. The summed E-state index contributed by atoms with van der Waals surface area (Å²) in [6, 6.07) is 7.40. The van der Waals surface area contributed by atoms with E-state index in [4.69, 9.17) is 4.74 Å². The zero-order valence-electron chi connectivity index (χ0n) is 12.0. The number of rotatable bonds is 8. The number of aromatic nitrogens is 1. The summed E-state index contributed by atoms with van der Waals surface area (Å²) in [5, 5.41) is 15.1. The van der Waals surface area contributed by atoms with E-state index in [1.54, 1.807) is 0 Å². The van der Waals surface area contributed by atoms with Gasteiger partial charge in [-0.15, -0.1) is 0 Å². The lowest BCUT2D eigenvalue weighted by molar-refractivity contribution is -0.384. The van der Waals surface area contributed by atoms with E-state index < -0.39 is 4.92 Å². The summed E-state index contributed by atoms with van der Waals surface area (Å²) in [6.07, 6.45) is 3.10. The molecule has 0 aliphatic heterocycles. The Morgan fingerprint density at radius 3 is 2.90 bits per heavy atom. The van der Waals surface area contributed by atoms with Crippen LogP contribution in [0.5, 0.6) is 0 Å². The van der Waals surface area contributed by atoms with Gasteiger partial charge in [-0.3, -0.25) is 10.1 Å². The molecule has 0 atom stereocenters. The molecule has 1 aromatic heterocycles. The number of nitrogens with one attached hydrogen (secondary N) is 1. The first-order valence-electron chi connectivity index (χ1n) is 7.07. The van der Waals surface area contributed by atoms with E-state index in [-0.39, 0.29) is 5.69 Å². The lowest BCUT2D eigenvalue weighted by Crippen LogP contribution is -2.08. The maximum absolute atomic E-state index is 11.1. The van der Waals surface area contributed by atoms with Crippen molar-refractivity contribution in [3.63, 3.8) is 0 Å². The fourth-order valence-electron chi connectivity index (χ4n) is 2.09. The van der Waals surface area contributed by atoms with Gasteiger partial charge in [0.2, 0.25) is 0 Å². The van der Waals surface area contributed by atoms with Crippen molar-refractivity contribution in [3.8, 4) is 0 Å². The third kappa shape index (κ3) is 3.88. The van der Waals surface area contributed by atoms with Gasteiger partial charge < -0.3 is 10.1 Å². The summed E-state index contributed by atoms with van der Waals surface area (Å²) in [5.41, 5.74) is 1.28. The fourth-order valence-corrected chi connectivity index (χ4v) is 2.09. The predicted octanol–water partition coefficient (Wildman–Crippen LogP) is 3.37. The minimum Gasteiger partial charge on any atom is -0.381 e. The third-order valence-electron chi connectivity index (χ3n) is 3.07. The molecule has 1 heterocycles. The van der Waals surface area contributed by atoms with E-state index in [2.05, 4.69) is 17.2 Å². The van der Waals surface area contributed by atoms with Crippen molar-refractivity contribution in [2.24, 2.45) is 0 Å². The molecule has 2 aromatic rings. The van der Waals surface area contributed by atoms with Crippen molar-refractivity contribution in [1.29, 1.82) is 0 Å². The number of nitrogens with zero attached hydrogens (tertiary/aromatic N) is 2. The molecule has 0 radical (unpaired) electrons. The lowest BCUT2D eigenvalue weighted by Gasteiger charge is -2.10. The zero-order chi connectivity index (χ0) is 15.1. The summed E-state index contributed by atoms with van der Waals surface area (Å²) in [4.78, 5) is 14.9. The first-order valence-corrected chi connectivity index (χ1v) is 7.07. The first kappa shape index (κ1) is 15.2. The summed E-state index contributed by atoms with van der Waals surface area (Å²) < 4.78 is 5.40.